The van der Waals surface area contributed by atoms with Crippen molar-refractivity contribution >= 4 is 17.4 Å². The molecule has 1 heterocycles. The van der Waals surface area contributed by atoms with Gasteiger partial charge >= 0.3 is 0 Å². The Balaban J connectivity index is 2.14. The first-order chi connectivity index (χ1) is 12.0. The molecule has 6 heteroatoms. The summed E-state index contributed by atoms with van der Waals surface area (Å²) in [4.78, 5) is 26.4. The molecular weight excluding hydrogens is 320 g/mol. The van der Waals surface area contributed by atoms with Gasteiger partial charge in [-0.2, -0.15) is 0 Å². The van der Waals surface area contributed by atoms with E-state index in [9.17, 15) is 9.59 Å². The lowest BCUT2D eigenvalue weighted by atomic mass is 10.2. The van der Waals surface area contributed by atoms with Gasteiger partial charge in [-0.25, -0.2) is 0 Å². The highest BCUT2D eigenvalue weighted by molar-refractivity contribution is 6.05. The van der Waals surface area contributed by atoms with Crippen LogP contribution in [0.5, 0.6) is 11.5 Å². The van der Waals surface area contributed by atoms with Crippen molar-refractivity contribution in [2.45, 2.75) is 33.6 Å². The van der Waals surface area contributed by atoms with Crippen molar-refractivity contribution in [2.24, 2.45) is 0 Å². The van der Waals surface area contributed by atoms with E-state index in [2.05, 4.69) is 10.3 Å². The van der Waals surface area contributed by atoms with Gasteiger partial charge in [0.15, 0.2) is 17.3 Å². The molecule has 0 saturated heterocycles. The summed E-state index contributed by atoms with van der Waals surface area (Å²) < 4.78 is 11.4. The van der Waals surface area contributed by atoms with Crippen LogP contribution in [0.4, 0.5) is 5.69 Å². The highest BCUT2D eigenvalue weighted by Crippen LogP contribution is 2.31. The summed E-state index contributed by atoms with van der Waals surface area (Å²) in [7, 11) is 0. The van der Waals surface area contributed by atoms with E-state index in [0.717, 1.165) is 12.8 Å². The van der Waals surface area contributed by atoms with Gasteiger partial charge < -0.3 is 19.8 Å². The van der Waals surface area contributed by atoms with Gasteiger partial charge in [0, 0.05) is 23.5 Å². The molecule has 0 atom stereocenters. The normalized spacial score (nSPS) is 10.4. The third kappa shape index (κ3) is 5.11. The molecule has 134 valence electrons. The van der Waals surface area contributed by atoms with E-state index < -0.39 is 0 Å². The lowest BCUT2D eigenvalue weighted by Gasteiger charge is -2.14. The average Bonchev–Trinajstić information content (AvgIpc) is 3.09. The highest BCUT2D eigenvalue weighted by Gasteiger charge is 2.13. The molecule has 0 saturated carbocycles. The lowest BCUT2D eigenvalue weighted by molar-refractivity contribution is 0.101. The van der Waals surface area contributed by atoms with Gasteiger partial charge in [-0.15, -0.1) is 0 Å². The summed E-state index contributed by atoms with van der Waals surface area (Å²) in [6.07, 6.45) is 3.30. The van der Waals surface area contributed by atoms with Crippen molar-refractivity contribution in [3.05, 3.63) is 41.7 Å². The molecule has 2 rings (SSSR count). The largest absolute Gasteiger partial charge is 0.490 e. The average molecular weight is 344 g/mol. The Bertz CT molecular complexity index is 737. The summed E-state index contributed by atoms with van der Waals surface area (Å²) >= 11 is 0. The topological polar surface area (TPSA) is 80.4 Å². The molecule has 6 nitrogen and oxygen atoms in total. The Morgan fingerprint density at radius 3 is 2.32 bits per heavy atom. The van der Waals surface area contributed by atoms with Crippen LogP contribution in [0, 0.1) is 0 Å². The van der Waals surface area contributed by atoms with Gasteiger partial charge in [-0.1, -0.05) is 13.8 Å². The standard InChI is InChI=1S/C19H24N2O4/c1-4-8-24-17-7-6-15(11-18(17)25-9-5-2)21-19(23)16-10-14(12-20-16)13(3)22/h6-7,10-12,20H,4-5,8-9H2,1-3H3,(H,21,23). The Kier molecular flexibility index (Phi) is 6.62. The molecular formula is C19H24N2O4. The van der Waals surface area contributed by atoms with Crippen LogP contribution in [-0.2, 0) is 0 Å². The minimum absolute atomic E-state index is 0.0945. The number of carbonyl (C=O) groups excluding carboxylic acids is 2. The van der Waals surface area contributed by atoms with Gasteiger partial charge in [0.05, 0.1) is 13.2 Å². The number of Topliss-reactive ketones (excluding diaryl/α,β-unsaturated/α-hetero) is 1. The number of amides is 1. The van der Waals surface area contributed by atoms with Gasteiger partial charge in [-0.3, -0.25) is 9.59 Å². The quantitative estimate of drug-likeness (QED) is 0.673. The fraction of sp³-hybridized carbons (Fsp3) is 0.368. The molecule has 0 radical (unpaired) electrons. The number of anilines is 1. The van der Waals surface area contributed by atoms with Crippen molar-refractivity contribution < 1.29 is 19.1 Å². The Hall–Kier alpha value is -2.76. The molecule has 1 amide bonds. The number of benzene rings is 1. The molecule has 0 bridgehead atoms. The van der Waals surface area contributed by atoms with E-state index in [-0.39, 0.29) is 11.7 Å². The van der Waals surface area contributed by atoms with Crippen molar-refractivity contribution in [2.75, 3.05) is 18.5 Å². The molecule has 25 heavy (non-hydrogen) atoms. The minimum Gasteiger partial charge on any atom is -0.490 e. The fourth-order valence-corrected chi connectivity index (χ4v) is 2.17. The second-order valence-corrected chi connectivity index (χ2v) is 5.67. The summed E-state index contributed by atoms with van der Waals surface area (Å²) in [6, 6.07) is 6.82. The minimum atomic E-state index is -0.323. The number of nitrogens with one attached hydrogen (secondary N) is 2. The van der Waals surface area contributed by atoms with Gasteiger partial charge in [0.1, 0.15) is 5.69 Å². The summed E-state index contributed by atoms with van der Waals surface area (Å²) in [6.45, 7) is 6.68. The molecule has 0 spiro atoms. The maximum Gasteiger partial charge on any atom is 0.272 e. The van der Waals surface area contributed by atoms with E-state index in [1.165, 1.54) is 19.2 Å². The van der Waals surface area contributed by atoms with Crippen molar-refractivity contribution in [3.8, 4) is 11.5 Å². The molecule has 0 aliphatic heterocycles. The Morgan fingerprint density at radius 2 is 1.72 bits per heavy atom. The van der Waals surface area contributed by atoms with Gasteiger partial charge in [0.25, 0.3) is 5.91 Å². The van der Waals surface area contributed by atoms with E-state index in [1.54, 1.807) is 18.2 Å². The van der Waals surface area contributed by atoms with Crippen LogP contribution < -0.4 is 14.8 Å². The number of rotatable bonds is 9. The second kappa shape index (κ2) is 8.92. The predicted molar refractivity (Wildman–Crippen MR) is 96.8 cm³/mol. The van der Waals surface area contributed by atoms with Crippen molar-refractivity contribution in [1.82, 2.24) is 4.98 Å². The summed E-state index contributed by atoms with van der Waals surface area (Å²) in [5.74, 6) is 0.843. The molecule has 1 aromatic heterocycles. The van der Waals surface area contributed by atoms with Crippen LogP contribution in [-0.4, -0.2) is 29.9 Å². The second-order valence-electron chi connectivity index (χ2n) is 5.67. The number of hydrogen-bond donors (Lipinski definition) is 2. The molecule has 0 fully saturated rings. The third-order valence-electron chi connectivity index (χ3n) is 3.46. The first-order valence-corrected chi connectivity index (χ1v) is 8.45. The smallest absolute Gasteiger partial charge is 0.272 e. The number of hydrogen-bond acceptors (Lipinski definition) is 4. The third-order valence-corrected chi connectivity index (χ3v) is 3.46. The Morgan fingerprint density at radius 1 is 1.04 bits per heavy atom. The molecule has 0 unspecified atom stereocenters. The first-order valence-electron chi connectivity index (χ1n) is 8.45. The highest BCUT2D eigenvalue weighted by atomic mass is 16.5. The van der Waals surface area contributed by atoms with Crippen LogP contribution in [0.3, 0.4) is 0 Å². The van der Waals surface area contributed by atoms with E-state index >= 15 is 0 Å². The zero-order valence-electron chi connectivity index (χ0n) is 14.8. The zero-order valence-corrected chi connectivity index (χ0v) is 14.8. The van der Waals surface area contributed by atoms with Crippen LogP contribution in [0.15, 0.2) is 30.5 Å². The van der Waals surface area contributed by atoms with E-state index in [1.807, 2.05) is 13.8 Å². The number of carbonyl (C=O) groups is 2. The van der Waals surface area contributed by atoms with Gasteiger partial charge in [-0.05, 0) is 38.0 Å². The molecule has 0 aliphatic carbocycles. The van der Waals surface area contributed by atoms with Crippen LogP contribution >= 0.6 is 0 Å². The lowest BCUT2D eigenvalue weighted by Crippen LogP contribution is -2.12. The van der Waals surface area contributed by atoms with Crippen LogP contribution in [0.25, 0.3) is 0 Å². The molecule has 2 N–H and O–H groups in total. The molecule has 1 aromatic carbocycles. The van der Waals surface area contributed by atoms with Gasteiger partial charge in [0.2, 0.25) is 0 Å². The van der Waals surface area contributed by atoms with E-state index in [4.69, 9.17) is 9.47 Å². The molecule has 0 aliphatic rings. The Labute approximate surface area is 147 Å². The number of aromatic amines is 1. The number of ether oxygens (including phenoxy) is 2. The van der Waals surface area contributed by atoms with Crippen LogP contribution in [0.1, 0.15) is 54.5 Å². The zero-order chi connectivity index (χ0) is 18.2. The summed E-state index contributed by atoms with van der Waals surface area (Å²) in [5, 5.41) is 2.79. The predicted octanol–water partition coefficient (Wildman–Crippen LogP) is 4.05. The van der Waals surface area contributed by atoms with Crippen molar-refractivity contribution in [3.63, 3.8) is 0 Å². The fourth-order valence-electron chi connectivity index (χ4n) is 2.17. The maximum absolute atomic E-state index is 12.3. The monoisotopic (exact) mass is 344 g/mol. The maximum atomic E-state index is 12.3. The number of H-pyrrole nitrogens is 1. The molecule has 2 aromatic rings. The van der Waals surface area contributed by atoms with Crippen molar-refractivity contribution in [1.29, 1.82) is 0 Å². The first kappa shape index (κ1) is 18.6. The number of aromatic nitrogens is 1. The van der Waals surface area contributed by atoms with Crippen LogP contribution in [0.2, 0.25) is 0 Å². The van der Waals surface area contributed by atoms with E-state index in [0.29, 0.717) is 41.7 Å². The summed E-state index contributed by atoms with van der Waals surface area (Å²) in [5.41, 5.74) is 1.40. The SMILES string of the molecule is CCCOc1ccc(NC(=O)c2cc(C(C)=O)c[nH]2)cc1OCCC. The number of ketones is 1.